The van der Waals surface area contributed by atoms with Crippen molar-refractivity contribution in [3.05, 3.63) is 47.8 Å². The third kappa shape index (κ3) is 10.9. The van der Waals surface area contributed by atoms with E-state index in [9.17, 15) is 19.2 Å². The molecule has 1 aliphatic rings. The minimum Gasteiger partial charge on any atom is -0.379 e. The molecule has 3 rings (SSSR count). The number of nitrogens with one attached hydrogen (secondary N) is 2. The smallest absolute Gasteiger partial charge is 0.253 e. The Bertz CT molecular complexity index is 1140. The van der Waals surface area contributed by atoms with Gasteiger partial charge in [-0.25, -0.2) is 0 Å². The zero-order valence-corrected chi connectivity index (χ0v) is 22.3. The van der Waals surface area contributed by atoms with Gasteiger partial charge in [0.25, 0.3) is 11.8 Å². The molecule has 1 aliphatic heterocycles. The summed E-state index contributed by atoms with van der Waals surface area (Å²) < 4.78 is 16.2. The van der Waals surface area contributed by atoms with Gasteiger partial charge in [0.2, 0.25) is 17.6 Å². The summed E-state index contributed by atoms with van der Waals surface area (Å²) in [4.78, 5) is 47.7. The van der Waals surface area contributed by atoms with Crippen LogP contribution in [0.25, 0.3) is 11.4 Å². The Hall–Kier alpha value is -4.14. The van der Waals surface area contributed by atoms with Gasteiger partial charge in [0.05, 0.1) is 39.6 Å². The predicted octanol–water partition coefficient (Wildman–Crippen LogP) is -0.271. The molecule has 2 aromatic rings. The third-order valence-corrected chi connectivity index (χ3v) is 5.53. The molecule has 0 fully saturated rings. The third-order valence-electron chi connectivity index (χ3n) is 5.53. The summed E-state index contributed by atoms with van der Waals surface area (Å²) in [5.41, 5.74) is 1.73. The Morgan fingerprint density at radius 3 is 1.98 bits per heavy atom. The Morgan fingerprint density at radius 2 is 1.32 bits per heavy atom. The first-order chi connectivity index (χ1) is 19.4. The van der Waals surface area contributed by atoms with Gasteiger partial charge in [0.1, 0.15) is 0 Å². The molecule has 0 spiro atoms. The predicted molar refractivity (Wildman–Crippen MR) is 140 cm³/mol. The number of carbonyl (C=O) groups is 4. The van der Waals surface area contributed by atoms with Gasteiger partial charge in [0.15, 0.2) is 5.82 Å². The first-order valence-corrected chi connectivity index (χ1v) is 12.9. The highest BCUT2D eigenvalue weighted by molar-refractivity contribution is 6.13. The van der Waals surface area contributed by atoms with Crippen LogP contribution >= 0.6 is 0 Å². The minimum absolute atomic E-state index is 0.0411. The van der Waals surface area contributed by atoms with E-state index in [1.165, 1.54) is 12.2 Å². The number of ether oxygens (including phenoxy) is 3. The van der Waals surface area contributed by atoms with Crippen molar-refractivity contribution in [2.75, 3.05) is 52.7 Å². The maximum Gasteiger partial charge on any atom is 0.253 e. The average Bonchev–Trinajstić information content (AvgIpc) is 3.28. The quantitative estimate of drug-likeness (QED) is 0.183. The number of aromatic nitrogens is 4. The van der Waals surface area contributed by atoms with Crippen LogP contribution in [0.5, 0.6) is 0 Å². The molecular formula is C26H33N7O7. The average molecular weight is 556 g/mol. The summed E-state index contributed by atoms with van der Waals surface area (Å²) in [6, 6.07) is 7.48. The SMILES string of the molecule is Cc1nnc(-c2ccc(CNC(=O)CCOCCOCCOCCNC(=O)CCN3C(=O)C=CC3=O)cc2)nn1. The van der Waals surface area contributed by atoms with Crippen LogP contribution in [0.15, 0.2) is 36.4 Å². The van der Waals surface area contributed by atoms with Crippen LogP contribution in [0.4, 0.5) is 0 Å². The topological polar surface area (TPSA) is 175 Å². The molecule has 1 aromatic heterocycles. The van der Waals surface area contributed by atoms with Crippen molar-refractivity contribution < 1.29 is 33.4 Å². The maximum atomic E-state index is 12.0. The van der Waals surface area contributed by atoms with Crippen LogP contribution in [0.1, 0.15) is 24.2 Å². The van der Waals surface area contributed by atoms with Crippen molar-refractivity contribution in [3.8, 4) is 11.4 Å². The summed E-state index contributed by atoms with van der Waals surface area (Å²) in [5.74, 6) is -0.241. The Morgan fingerprint density at radius 1 is 0.750 bits per heavy atom. The fraction of sp³-hybridized carbons (Fsp3) is 0.462. The monoisotopic (exact) mass is 555 g/mol. The van der Waals surface area contributed by atoms with E-state index >= 15 is 0 Å². The number of nitrogens with zero attached hydrogens (tertiary/aromatic N) is 5. The lowest BCUT2D eigenvalue weighted by molar-refractivity contribution is -0.137. The second-order valence-corrected chi connectivity index (χ2v) is 8.59. The number of carbonyl (C=O) groups excluding carboxylic acids is 4. The van der Waals surface area contributed by atoms with E-state index in [2.05, 4.69) is 31.0 Å². The molecule has 0 saturated heterocycles. The van der Waals surface area contributed by atoms with E-state index < -0.39 is 11.8 Å². The van der Waals surface area contributed by atoms with E-state index in [0.29, 0.717) is 57.8 Å². The van der Waals surface area contributed by atoms with Gasteiger partial charge in [-0.3, -0.25) is 24.1 Å². The fourth-order valence-corrected chi connectivity index (χ4v) is 3.38. The molecule has 0 unspecified atom stereocenters. The molecule has 0 aliphatic carbocycles. The molecule has 0 saturated carbocycles. The zero-order valence-electron chi connectivity index (χ0n) is 22.3. The van der Waals surface area contributed by atoms with Crippen LogP contribution in [0.3, 0.4) is 0 Å². The van der Waals surface area contributed by atoms with Gasteiger partial charge in [-0.15, -0.1) is 20.4 Å². The number of rotatable bonds is 18. The van der Waals surface area contributed by atoms with E-state index in [0.717, 1.165) is 16.0 Å². The van der Waals surface area contributed by atoms with Crippen LogP contribution in [-0.2, 0) is 39.9 Å². The van der Waals surface area contributed by atoms with Gasteiger partial charge in [0, 0.05) is 50.2 Å². The molecule has 14 heteroatoms. The fourth-order valence-electron chi connectivity index (χ4n) is 3.38. The number of hydrogen-bond donors (Lipinski definition) is 2. The van der Waals surface area contributed by atoms with Crippen molar-refractivity contribution in [3.63, 3.8) is 0 Å². The standard InChI is InChI=1S/C26H33N7O7/c1-19-29-31-26(32-30-19)21-4-2-20(3-5-21)18-28-23(35)9-12-38-14-16-40-17-15-39-13-10-27-22(34)8-11-33-24(36)6-7-25(33)37/h2-7H,8-18H2,1H3,(H,27,34)(H,28,35). The Labute approximate surface area is 231 Å². The lowest BCUT2D eigenvalue weighted by atomic mass is 10.1. The molecule has 14 nitrogen and oxygen atoms in total. The summed E-state index contributed by atoms with van der Waals surface area (Å²) in [6.45, 7) is 4.52. The molecule has 40 heavy (non-hydrogen) atoms. The highest BCUT2D eigenvalue weighted by Crippen LogP contribution is 2.14. The number of hydrogen-bond acceptors (Lipinski definition) is 11. The molecule has 4 amide bonds. The van der Waals surface area contributed by atoms with Crippen LogP contribution in [0.2, 0.25) is 0 Å². The van der Waals surface area contributed by atoms with E-state index in [-0.39, 0.29) is 37.8 Å². The van der Waals surface area contributed by atoms with Gasteiger partial charge < -0.3 is 24.8 Å². The normalized spacial score (nSPS) is 12.7. The molecule has 0 radical (unpaired) electrons. The van der Waals surface area contributed by atoms with Gasteiger partial charge in [-0.05, 0) is 12.5 Å². The van der Waals surface area contributed by atoms with Crippen LogP contribution < -0.4 is 10.6 Å². The van der Waals surface area contributed by atoms with Crippen molar-refractivity contribution in [2.45, 2.75) is 26.3 Å². The summed E-state index contributed by atoms with van der Waals surface area (Å²) in [6.07, 6.45) is 2.65. The van der Waals surface area contributed by atoms with Crippen molar-refractivity contribution in [1.82, 2.24) is 35.9 Å². The van der Waals surface area contributed by atoms with E-state index in [1.807, 2.05) is 24.3 Å². The zero-order chi connectivity index (χ0) is 28.6. The van der Waals surface area contributed by atoms with E-state index in [4.69, 9.17) is 14.2 Å². The molecule has 1 aromatic carbocycles. The van der Waals surface area contributed by atoms with Crippen LogP contribution in [-0.4, -0.2) is 102 Å². The number of amides is 4. The Kier molecular flexibility index (Phi) is 12.7. The van der Waals surface area contributed by atoms with Crippen molar-refractivity contribution in [2.24, 2.45) is 0 Å². The number of aryl methyl sites for hydroxylation is 1. The van der Waals surface area contributed by atoms with Crippen molar-refractivity contribution >= 4 is 23.6 Å². The first kappa shape index (κ1) is 30.4. The lowest BCUT2D eigenvalue weighted by Gasteiger charge is -2.13. The summed E-state index contributed by atoms with van der Waals surface area (Å²) in [5, 5.41) is 21.3. The maximum absolute atomic E-state index is 12.0. The lowest BCUT2D eigenvalue weighted by Crippen LogP contribution is -2.35. The van der Waals surface area contributed by atoms with Gasteiger partial charge in [-0.1, -0.05) is 24.3 Å². The molecule has 0 atom stereocenters. The highest BCUT2D eigenvalue weighted by Gasteiger charge is 2.23. The molecular weight excluding hydrogens is 522 g/mol. The largest absolute Gasteiger partial charge is 0.379 e. The second kappa shape index (κ2) is 16.7. The van der Waals surface area contributed by atoms with Gasteiger partial charge >= 0.3 is 0 Å². The van der Waals surface area contributed by atoms with E-state index in [1.54, 1.807) is 6.92 Å². The summed E-state index contributed by atoms with van der Waals surface area (Å²) in [7, 11) is 0. The molecule has 2 N–H and O–H groups in total. The highest BCUT2D eigenvalue weighted by atomic mass is 16.5. The number of benzene rings is 1. The number of imide groups is 1. The molecule has 2 heterocycles. The molecule has 0 bridgehead atoms. The minimum atomic E-state index is -0.405. The second-order valence-electron chi connectivity index (χ2n) is 8.59. The van der Waals surface area contributed by atoms with Crippen LogP contribution in [0, 0.1) is 6.92 Å². The summed E-state index contributed by atoms with van der Waals surface area (Å²) >= 11 is 0. The Balaban J connectivity index is 1.10. The first-order valence-electron chi connectivity index (χ1n) is 12.9. The van der Waals surface area contributed by atoms with Crippen molar-refractivity contribution in [1.29, 1.82) is 0 Å². The van der Waals surface area contributed by atoms with Gasteiger partial charge in [-0.2, -0.15) is 0 Å². The molecule has 214 valence electrons.